The molecule has 0 fully saturated rings. The van der Waals surface area contributed by atoms with Gasteiger partial charge in [0, 0.05) is 16.4 Å². The van der Waals surface area contributed by atoms with E-state index in [2.05, 4.69) is 11.8 Å². The zero-order valence-corrected chi connectivity index (χ0v) is 9.36. The van der Waals surface area contributed by atoms with Gasteiger partial charge in [-0.1, -0.05) is 25.7 Å². The number of carbonyl (C=O) groups is 1. The summed E-state index contributed by atoms with van der Waals surface area (Å²) in [6, 6.07) is 0. The minimum Gasteiger partial charge on any atom is -0.478 e. The van der Waals surface area contributed by atoms with Crippen LogP contribution in [0.5, 0.6) is 0 Å². The Morgan fingerprint density at radius 2 is 1.86 bits per heavy atom. The van der Waals surface area contributed by atoms with Crippen molar-refractivity contribution in [1.82, 2.24) is 0 Å². The van der Waals surface area contributed by atoms with Crippen molar-refractivity contribution in [3.63, 3.8) is 0 Å². The van der Waals surface area contributed by atoms with E-state index in [0.29, 0.717) is 5.57 Å². The monoisotopic (exact) mass is 192 g/mol. The van der Waals surface area contributed by atoms with Crippen molar-refractivity contribution in [2.75, 3.05) is 0 Å². The van der Waals surface area contributed by atoms with E-state index in [9.17, 15) is 4.79 Å². The van der Waals surface area contributed by atoms with Crippen LogP contribution in [0.1, 0.15) is 34.6 Å². The SMILES string of the molecule is CC(C)(C)C#CC1=C(C(=O)O)C1(C)C. The predicted octanol–water partition coefficient (Wildman–Crippen LogP) is 2.46. The Morgan fingerprint density at radius 1 is 1.36 bits per heavy atom. The summed E-state index contributed by atoms with van der Waals surface area (Å²) in [5, 5.41) is 8.86. The second-order valence-corrected chi connectivity index (χ2v) is 5.18. The summed E-state index contributed by atoms with van der Waals surface area (Å²) in [6.45, 7) is 9.81. The highest BCUT2D eigenvalue weighted by Crippen LogP contribution is 2.51. The van der Waals surface area contributed by atoms with Gasteiger partial charge in [-0.25, -0.2) is 4.79 Å². The van der Waals surface area contributed by atoms with Crippen LogP contribution in [0.2, 0.25) is 0 Å². The van der Waals surface area contributed by atoms with Gasteiger partial charge in [0.15, 0.2) is 0 Å². The lowest BCUT2D eigenvalue weighted by molar-refractivity contribution is -0.132. The summed E-state index contributed by atoms with van der Waals surface area (Å²) in [5.74, 6) is 5.18. The molecule has 0 saturated carbocycles. The highest BCUT2D eigenvalue weighted by atomic mass is 16.4. The van der Waals surface area contributed by atoms with Crippen molar-refractivity contribution in [3.05, 3.63) is 11.1 Å². The number of hydrogen-bond donors (Lipinski definition) is 1. The van der Waals surface area contributed by atoms with Gasteiger partial charge >= 0.3 is 5.97 Å². The highest BCUT2D eigenvalue weighted by Gasteiger charge is 2.48. The van der Waals surface area contributed by atoms with Crippen LogP contribution in [0, 0.1) is 22.7 Å². The molecule has 0 bridgehead atoms. The summed E-state index contributed by atoms with van der Waals surface area (Å²) < 4.78 is 0. The molecule has 0 radical (unpaired) electrons. The smallest absolute Gasteiger partial charge is 0.333 e. The number of carboxylic acid groups (broad SMARTS) is 1. The predicted molar refractivity (Wildman–Crippen MR) is 55.7 cm³/mol. The van der Waals surface area contributed by atoms with Gasteiger partial charge in [-0.3, -0.25) is 0 Å². The first-order valence-electron chi connectivity index (χ1n) is 4.68. The summed E-state index contributed by atoms with van der Waals surface area (Å²) in [7, 11) is 0. The van der Waals surface area contributed by atoms with Crippen LogP contribution in [-0.4, -0.2) is 11.1 Å². The van der Waals surface area contributed by atoms with Crippen LogP contribution in [0.15, 0.2) is 11.1 Å². The lowest BCUT2D eigenvalue weighted by Gasteiger charge is -2.06. The Hall–Kier alpha value is -1.23. The minimum atomic E-state index is -0.840. The molecule has 0 spiro atoms. The summed E-state index contributed by atoms with van der Waals surface area (Å²) in [4.78, 5) is 10.8. The number of rotatable bonds is 1. The third-order valence-electron chi connectivity index (χ3n) is 2.21. The largest absolute Gasteiger partial charge is 0.478 e. The molecule has 1 aliphatic carbocycles. The molecule has 0 aliphatic heterocycles. The fourth-order valence-corrected chi connectivity index (χ4v) is 1.31. The molecule has 0 heterocycles. The van der Waals surface area contributed by atoms with Gasteiger partial charge in [0.1, 0.15) is 0 Å². The zero-order chi connectivity index (χ0) is 11.1. The molecule has 76 valence electrons. The van der Waals surface area contributed by atoms with Gasteiger partial charge in [0.05, 0.1) is 5.57 Å². The molecule has 0 saturated heterocycles. The summed E-state index contributed by atoms with van der Waals surface area (Å²) in [5.41, 5.74) is 0.855. The Morgan fingerprint density at radius 3 is 2.14 bits per heavy atom. The maximum absolute atomic E-state index is 10.8. The first kappa shape index (κ1) is 10.8. The van der Waals surface area contributed by atoms with E-state index in [0.717, 1.165) is 5.57 Å². The van der Waals surface area contributed by atoms with Gasteiger partial charge in [0.2, 0.25) is 0 Å². The Kier molecular flexibility index (Phi) is 2.23. The number of aliphatic carboxylic acids is 1. The van der Waals surface area contributed by atoms with E-state index < -0.39 is 5.97 Å². The van der Waals surface area contributed by atoms with Crippen molar-refractivity contribution in [2.24, 2.45) is 10.8 Å². The maximum atomic E-state index is 10.8. The molecule has 2 heteroatoms. The molecule has 0 aromatic rings. The summed E-state index contributed by atoms with van der Waals surface area (Å²) in [6.07, 6.45) is 0. The Labute approximate surface area is 85.0 Å². The molecule has 2 nitrogen and oxygen atoms in total. The van der Waals surface area contributed by atoms with Crippen LogP contribution in [0.25, 0.3) is 0 Å². The molecule has 1 rings (SSSR count). The standard InChI is InChI=1S/C12H16O2/c1-11(2,3)7-6-8-9(10(13)14)12(8,4)5/h1-5H3,(H,13,14). The van der Waals surface area contributed by atoms with Crippen molar-refractivity contribution < 1.29 is 9.90 Å². The first-order chi connectivity index (χ1) is 6.16. The van der Waals surface area contributed by atoms with Crippen LogP contribution < -0.4 is 0 Å². The second-order valence-electron chi connectivity index (χ2n) is 5.18. The molecule has 14 heavy (non-hydrogen) atoms. The van der Waals surface area contributed by atoms with Gasteiger partial charge in [0.25, 0.3) is 0 Å². The van der Waals surface area contributed by atoms with E-state index in [4.69, 9.17) is 5.11 Å². The van der Waals surface area contributed by atoms with Crippen LogP contribution in [0.3, 0.4) is 0 Å². The van der Waals surface area contributed by atoms with E-state index in [1.54, 1.807) is 0 Å². The fourth-order valence-electron chi connectivity index (χ4n) is 1.31. The molecule has 0 amide bonds. The molecular weight excluding hydrogens is 176 g/mol. The van der Waals surface area contributed by atoms with Crippen molar-refractivity contribution in [1.29, 1.82) is 0 Å². The normalized spacial score (nSPS) is 18.6. The van der Waals surface area contributed by atoms with Gasteiger partial charge in [-0.05, 0) is 20.8 Å². The van der Waals surface area contributed by atoms with Crippen LogP contribution >= 0.6 is 0 Å². The van der Waals surface area contributed by atoms with Crippen molar-refractivity contribution in [3.8, 4) is 11.8 Å². The van der Waals surface area contributed by atoms with Crippen molar-refractivity contribution >= 4 is 5.97 Å². The lowest BCUT2D eigenvalue weighted by atomic mass is 9.97. The molecule has 1 N–H and O–H groups in total. The number of allylic oxidation sites excluding steroid dienone is 1. The van der Waals surface area contributed by atoms with Crippen LogP contribution in [-0.2, 0) is 4.79 Å². The van der Waals surface area contributed by atoms with E-state index in [1.165, 1.54) is 0 Å². The quantitative estimate of drug-likeness (QED) is 0.648. The molecular formula is C12H16O2. The highest BCUT2D eigenvalue weighted by molar-refractivity contribution is 5.98. The maximum Gasteiger partial charge on any atom is 0.333 e. The van der Waals surface area contributed by atoms with Gasteiger partial charge in [-0.15, -0.1) is 0 Å². The average Bonchev–Trinajstić information content (AvgIpc) is 2.47. The van der Waals surface area contributed by atoms with Gasteiger partial charge in [-0.2, -0.15) is 0 Å². The summed E-state index contributed by atoms with van der Waals surface area (Å²) >= 11 is 0. The second kappa shape index (κ2) is 2.88. The zero-order valence-electron chi connectivity index (χ0n) is 9.36. The Bertz CT molecular complexity index is 367. The van der Waals surface area contributed by atoms with E-state index in [-0.39, 0.29) is 10.8 Å². The van der Waals surface area contributed by atoms with Gasteiger partial charge < -0.3 is 5.11 Å². The van der Waals surface area contributed by atoms with Crippen molar-refractivity contribution in [2.45, 2.75) is 34.6 Å². The Balaban J connectivity index is 2.91. The van der Waals surface area contributed by atoms with E-state index >= 15 is 0 Å². The third kappa shape index (κ3) is 1.98. The van der Waals surface area contributed by atoms with E-state index in [1.807, 2.05) is 34.6 Å². The molecule has 0 unspecified atom stereocenters. The van der Waals surface area contributed by atoms with Crippen LogP contribution in [0.4, 0.5) is 0 Å². The third-order valence-corrected chi connectivity index (χ3v) is 2.21. The molecule has 0 aromatic carbocycles. The minimum absolute atomic E-state index is 0.0741. The number of carboxylic acids is 1. The first-order valence-corrected chi connectivity index (χ1v) is 4.68. The fraction of sp³-hybridized carbons (Fsp3) is 0.583. The molecule has 0 aromatic heterocycles. The molecule has 1 aliphatic rings. The lowest BCUT2D eigenvalue weighted by Crippen LogP contribution is -2.01. The topological polar surface area (TPSA) is 37.3 Å². The average molecular weight is 192 g/mol. The molecule has 0 atom stereocenters. The number of hydrogen-bond acceptors (Lipinski definition) is 1.